The third-order valence-corrected chi connectivity index (χ3v) is 15.0. The first-order valence-electron chi connectivity index (χ1n) is 22.3. The summed E-state index contributed by atoms with van der Waals surface area (Å²) in [5, 5.41) is 50.9. The molecule has 0 fully saturated rings. The molecule has 0 saturated carbocycles. The molecule has 0 saturated heterocycles. The van der Waals surface area contributed by atoms with Crippen LogP contribution in [0.4, 0.5) is 0 Å². The first kappa shape index (κ1) is 42.5. The van der Waals surface area contributed by atoms with Gasteiger partial charge in [-0.05, 0) is 113 Å². The maximum Gasteiger partial charge on any atom is 0.166 e. The van der Waals surface area contributed by atoms with Gasteiger partial charge in [0.25, 0.3) is 0 Å². The van der Waals surface area contributed by atoms with Crippen LogP contribution >= 0.6 is 0 Å². The number of ether oxygens (including phenoxy) is 5. The molecule has 6 aliphatic heterocycles. The van der Waals surface area contributed by atoms with Crippen LogP contribution < -0.4 is 23.7 Å². The molecular weight excluding hydrogens is 815 g/mol. The van der Waals surface area contributed by atoms with Crippen LogP contribution in [0.1, 0.15) is 59.1 Å². The molecule has 0 aromatic heterocycles. The standard InChI is InChI=1S/C18H23NO4.C17H19NO3.C16H17NO3/c1-19-9-11-5-6-13(22-2)17-16(11)18(14(21)10-19)7-3-4-12(20)8-15(18)23-17;1-18-8-7-17-6-5-12(19)9-14(17)21-16-13(20-2)4-3-11(10-18)15(16)17;1-17-7-6-16-5-4-11(18)8-13(16)20-15-12(19)3-2-10(9-17)14(15)16/h3-6,12,14-15,20-21H,7-10H2,1-2H3;3-6,9,14,19H,7-8,10H2,1-2H3;2-5,8,13,18-19H,6-7,9H2,1H3/t12?,14-,15?,18?;;/m1../s1. The van der Waals surface area contributed by atoms with Crippen molar-refractivity contribution >= 4 is 0 Å². The van der Waals surface area contributed by atoms with Crippen molar-refractivity contribution in [3.63, 3.8) is 0 Å². The number of rotatable bonds is 2. The van der Waals surface area contributed by atoms with Gasteiger partial charge in [0.1, 0.15) is 29.8 Å². The first-order valence-corrected chi connectivity index (χ1v) is 22.3. The molecule has 0 radical (unpaired) electrons. The fraction of sp³-hybridized carbons (Fsp3) is 0.451. The van der Waals surface area contributed by atoms with Crippen molar-refractivity contribution < 1.29 is 49.2 Å². The summed E-state index contributed by atoms with van der Waals surface area (Å²) in [5.74, 6) is 4.32. The zero-order valence-corrected chi connectivity index (χ0v) is 37.2. The highest BCUT2D eigenvalue weighted by Crippen LogP contribution is 2.58. The minimum atomic E-state index is -0.554. The Hall–Kier alpha value is -5.44. The molecule has 7 unspecified atom stereocenters. The number of aromatic hydroxyl groups is 1. The largest absolute Gasteiger partial charge is 0.508 e. The van der Waals surface area contributed by atoms with E-state index in [2.05, 4.69) is 47.0 Å². The molecule has 8 atom stereocenters. The van der Waals surface area contributed by atoms with E-state index in [-0.39, 0.29) is 46.4 Å². The van der Waals surface area contributed by atoms with Gasteiger partial charge in [-0.1, -0.05) is 42.5 Å². The zero-order chi connectivity index (χ0) is 44.7. The van der Waals surface area contributed by atoms with Gasteiger partial charge in [0, 0.05) is 49.3 Å². The Morgan fingerprint density at radius 2 is 1.16 bits per heavy atom. The van der Waals surface area contributed by atoms with Crippen LogP contribution in [0.2, 0.25) is 0 Å². The van der Waals surface area contributed by atoms with Crippen molar-refractivity contribution in [1.29, 1.82) is 0 Å². The van der Waals surface area contributed by atoms with Gasteiger partial charge in [-0.3, -0.25) is 4.90 Å². The average Bonchev–Trinajstić information content (AvgIpc) is 3.74. The van der Waals surface area contributed by atoms with Crippen LogP contribution in [0.25, 0.3) is 0 Å². The molecule has 0 bridgehead atoms. The van der Waals surface area contributed by atoms with E-state index in [1.807, 2.05) is 49.6 Å². The van der Waals surface area contributed by atoms with Gasteiger partial charge >= 0.3 is 0 Å². The molecule has 3 spiro atoms. The van der Waals surface area contributed by atoms with E-state index >= 15 is 0 Å². The Morgan fingerprint density at radius 3 is 1.75 bits per heavy atom. The van der Waals surface area contributed by atoms with Gasteiger partial charge in [0.2, 0.25) is 0 Å². The molecule has 5 N–H and O–H groups in total. The average molecular weight is 874 g/mol. The third-order valence-electron chi connectivity index (χ3n) is 15.0. The number of methoxy groups -OCH3 is 2. The van der Waals surface area contributed by atoms with Gasteiger partial charge in [0.05, 0.1) is 42.7 Å². The minimum absolute atomic E-state index is 0.154. The Balaban J connectivity index is 0.000000114. The number of aliphatic hydroxyl groups is 4. The van der Waals surface area contributed by atoms with Crippen LogP contribution in [0.5, 0.6) is 34.5 Å². The molecule has 13 nitrogen and oxygen atoms in total. The van der Waals surface area contributed by atoms with Crippen LogP contribution in [0.15, 0.2) is 96.5 Å². The number of β-amino-alcohol motifs (C(OH)–C–C–N with tert-alkyl or cyclic N) is 1. The van der Waals surface area contributed by atoms with Crippen LogP contribution in [0, 0.1) is 0 Å². The second kappa shape index (κ2) is 15.9. The molecule has 6 heterocycles. The highest BCUT2D eigenvalue weighted by atomic mass is 16.5. The summed E-state index contributed by atoms with van der Waals surface area (Å²) in [6.45, 7) is 5.06. The van der Waals surface area contributed by atoms with Crippen LogP contribution in [-0.4, -0.2) is 126 Å². The lowest BCUT2D eigenvalue weighted by Crippen LogP contribution is -2.50. The van der Waals surface area contributed by atoms with Gasteiger partial charge in [0.15, 0.2) is 34.5 Å². The minimum Gasteiger partial charge on any atom is -0.508 e. The quantitative estimate of drug-likeness (QED) is 0.192. The Bertz CT molecular complexity index is 2520. The summed E-state index contributed by atoms with van der Waals surface area (Å²) < 4.78 is 29.4. The van der Waals surface area contributed by atoms with Crippen molar-refractivity contribution in [3.05, 3.63) is 130 Å². The number of phenolic OH excluding ortho intramolecular Hbond substituents is 1. The number of nitrogens with zero attached hydrogens (tertiary/aromatic N) is 3. The molecule has 64 heavy (non-hydrogen) atoms. The van der Waals surface area contributed by atoms with E-state index in [4.69, 9.17) is 23.7 Å². The summed E-state index contributed by atoms with van der Waals surface area (Å²) in [6, 6.07) is 11.8. The maximum absolute atomic E-state index is 11.1. The van der Waals surface area contributed by atoms with E-state index in [1.54, 1.807) is 38.5 Å². The van der Waals surface area contributed by atoms with E-state index in [1.165, 1.54) is 22.3 Å². The summed E-state index contributed by atoms with van der Waals surface area (Å²) in [6.07, 6.45) is 16.4. The number of aliphatic hydroxyl groups excluding tert-OH is 4. The first-order chi connectivity index (χ1) is 30.8. The maximum atomic E-state index is 11.1. The second-order valence-electron chi connectivity index (χ2n) is 19.0. The summed E-state index contributed by atoms with van der Waals surface area (Å²) >= 11 is 0. The van der Waals surface area contributed by atoms with E-state index in [9.17, 15) is 25.5 Å². The number of benzene rings is 3. The topological polar surface area (TPSA) is 157 Å². The third kappa shape index (κ3) is 6.61. The van der Waals surface area contributed by atoms with E-state index in [0.717, 1.165) is 73.9 Å². The monoisotopic (exact) mass is 873 g/mol. The molecule has 3 aromatic rings. The highest BCUT2D eigenvalue weighted by Gasteiger charge is 2.57. The normalized spacial score (nSPS) is 32.4. The molecule has 13 heteroatoms. The van der Waals surface area contributed by atoms with Crippen molar-refractivity contribution in [1.82, 2.24) is 14.7 Å². The number of allylic oxidation sites excluding steroid dienone is 3. The lowest BCUT2D eigenvalue weighted by atomic mass is 9.68. The Kier molecular flexibility index (Phi) is 10.6. The molecule has 9 aliphatic rings. The SMILES string of the molecule is CN1CCC23C=CC(O)=CC2Oc2c(O)ccc(c23)C1.COc1ccc2c3c1OC1C=C(O)C=CC31CCN(C)C2.COc1ccc2c3c1OC1CC(O)C=CCC31[C@H](O)CN(C)C2. The number of hydrogen-bond acceptors (Lipinski definition) is 13. The fourth-order valence-corrected chi connectivity index (χ4v) is 11.9. The fourth-order valence-electron chi connectivity index (χ4n) is 11.9. The Labute approximate surface area is 374 Å². The van der Waals surface area contributed by atoms with Gasteiger partial charge in [-0.15, -0.1) is 0 Å². The molecule has 12 rings (SSSR count). The molecule has 338 valence electrons. The van der Waals surface area contributed by atoms with E-state index < -0.39 is 17.6 Å². The molecule has 0 amide bonds. The molecule has 3 aliphatic carbocycles. The number of phenols is 1. The van der Waals surface area contributed by atoms with Crippen LogP contribution in [0.3, 0.4) is 0 Å². The smallest absolute Gasteiger partial charge is 0.166 e. The lowest BCUT2D eigenvalue weighted by Gasteiger charge is -2.37. The summed E-state index contributed by atoms with van der Waals surface area (Å²) in [4.78, 5) is 6.75. The highest BCUT2D eigenvalue weighted by molar-refractivity contribution is 5.64. The predicted molar refractivity (Wildman–Crippen MR) is 241 cm³/mol. The van der Waals surface area contributed by atoms with Crippen molar-refractivity contribution in [3.8, 4) is 34.5 Å². The Morgan fingerprint density at radius 1 is 0.641 bits per heavy atom. The molecular formula is C51H59N3O10. The van der Waals surface area contributed by atoms with Crippen molar-refractivity contribution in [2.24, 2.45) is 0 Å². The summed E-state index contributed by atoms with van der Waals surface area (Å²) in [7, 11) is 9.57. The zero-order valence-electron chi connectivity index (χ0n) is 37.2. The van der Waals surface area contributed by atoms with Gasteiger partial charge in [-0.2, -0.15) is 0 Å². The van der Waals surface area contributed by atoms with Crippen molar-refractivity contribution in [2.45, 2.75) is 92.1 Å². The lowest BCUT2D eigenvalue weighted by molar-refractivity contribution is -0.00399. The summed E-state index contributed by atoms with van der Waals surface area (Å²) in [5.41, 5.74) is 6.08. The van der Waals surface area contributed by atoms with Crippen molar-refractivity contribution in [2.75, 3.05) is 55.0 Å². The number of likely N-dealkylation sites (N-methyl/N-ethyl adjacent to an activating group) is 1. The van der Waals surface area contributed by atoms with Gasteiger partial charge < -0.3 is 59.0 Å². The second-order valence-corrected chi connectivity index (χ2v) is 19.0. The molecule has 3 aromatic carbocycles. The predicted octanol–water partition coefficient (Wildman–Crippen LogP) is 5.99. The number of hydrogen-bond donors (Lipinski definition) is 5. The van der Waals surface area contributed by atoms with Crippen LogP contribution in [-0.2, 0) is 35.9 Å². The van der Waals surface area contributed by atoms with Gasteiger partial charge in [-0.25, -0.2) is 0 Å². The van der Waals surface area contributed by atoms with E-state index in [0.29, 0.717) is 30.9 Å².